The molecule has 0 aromatic carbocycles. The lowest BCUT2D eigenvalue weighted by atomic mass is 10.1. The maximum absolute atomic E-state index is 11.5. The molecule has 0 aliphatic carbocycles. The Morgan fingerprint density at radius 2 is 2.11 bits per heavy atom. The standard InChI is InChI=1S/C13H24O5/c1-12(2,3)18-11(15)7-9(14)6-10-8-16-13(4,5)17-10/h9-10,14H,6-8H2,1-5H3/t9-,10-/m0/s1. The molecule has 0 unspecified atom stereocenters. The molecule has 106 valence electrons. The van der Waals surface area contributed by atoms with E-state index in [4.69, 9.17) is 14.2 Å². The van der Waals surface area contributed by atoms with Crippen molar-refractivity contribution in [3.63, 3.8) is 0 Å². The first-order valence-corrected chi connectivity index (χ1v) is 6.29. The molecule has 5 heteroatoms. The van der Waals surface area contributed by atoms with Crippen LogP contribution in [-0.2, 0) is 19.0 Å². The number of carbonyl (C=O) groups excluding carboxylic acids is 1. The maximum atomic E-state index is 11.5. The Balaban J connectivity index is 2.30. The topological polar surface area (TPSA) is 65.0 Å². The smallest absolute Gasteiger partial charge is 0.308 e. The van der Waals surface area contributed by atoms with E-state index in [2.05, 4.69) is 0 Å². The molecule has 1 rings (SSSR count). The fourth-order valence-electron chi connectivity index (χ4n) is 1.84. The Labute approximate surface area is 108 Å². The highest BCUT2D eigenvalue weighted by Crippen LogP contribution is 2.25. The highest BCUT2D eigenvalue weighted by atomic mass is 16.7. The van der Waals surface area contributed by atoms with Crippen LogP contribution in [0.1, 0.15) is 47.5 Å². The van der Waals surface area contributed by atoms with Crippen molar-refractivity contribution in [2.24, 2.45) is 0 Å². The number of ether oxygens (including phenoxy) is 3. The summed E-state index contributed by atoms with van der Waals surface area (Å²) in [4.78, 5) is 11.5. The van der Waals surface area contributed by atoms with Crippen LogP contribution in [0.5, 0.6) is 0 Å². The average Bonchev–Trinajstić information content (AvgIpc) is 2.40. The summed E-state index contributed by atoms with van der Waals surface area (Å²) in [5.41, 5.74) is -0.522. The van der Waals surface area contributed by atoms with Crippen molar-refractivity contribution >= 4 is 5.97 Å². The van der Waals surface area contributed by atoms with Crippen LogP contribution < -0.4 is 0 Å². The van der Waals surface area contributed by atoms with Gasteiger partial charge in [-0.3, -0.25) is 4.79 Å². The summed E-state index contributed by atoms with van der Waals surface area (Å²) in [5, 5.41) is 9.81. The Morgan fingerprint density at radius 3 is 2.56 bits per heavy atom. The molecule has 0 aromatic rings. The average molecular weight is 260 g/mol. The van der Waals surface area contributed by atoms with Crippen molar-refractivity contribution in [2.45, 2.75) is 71.1 Å². The zero-order valence-corrected chi connectivity index (χ0v) is 11.9. The fourth-order valence-corrected chi connectivity index (χ4v) is 1.84. The van der Waals surface area contributed by atoms with E-state index in [0.29, 0.717) is 13.0 Å². The molecule has 1 aliphatic rings. The molecule has 1 aliphatic heterocycles. The monoisotopic (exact) mass is 260 g/mol. The molecule has 0 radical (unpaired) electrons. The minimum Gasteiger partial charge on any atom is -0.460 e. The minimum absolute atomic E-state index is 0.0163. The number of aliphatic hydroxyl groups is 1. The summed E-state index contributed by atoms with van der Waals surface area (Å²) >= 11 is 0. The first-order valence-electron chi connectivity index (χ1n) is 6.29. The van der Waals surface area contributed by atoms with Crippen LogP contribution in [0.15, 0.2) is 0 Å². The summed E-state index contributed by atoms with van der Waals surface area (Å²) in [5.74, 6) is -0.996. The van der Waals surface area contributed by atoms with E-state index in [1.54, 1.807) is 20.8 Å². The SMILES string of the molecule is CC(C)(C)OC(=O)C[C@@H](O)C[C@H]1COC(C)(C)O1. The Bertz CT molecular complexity index is 292. The lowest BCUT2D eigenvalue weighted by molar-refractivity contribution is -0.158. The molecule has 1 saturated heterocycles. The molecule has 0 amide bonds. The van der Waals surface area contributed by atoms with E-state index >= 15 is 0 Å². The Morgan fingerprint density at radius 1 is 1.50 bits per heavy atom. The van der Waals surface area contributed by atoms with Crippen molar-refractivity contribution in [3.05, 3.63) is 0 Å². The summed E-state index contributed by atoms with van der Waals surface area (Å²) in [6.07, 6.45) is -0.569. The van der Waals surface area contributed by atoms with Crippen LogP contribution in [0.2, 0.25) is 0 Å². The van der Waals surface area contributed by atoms with E-state index < -0.39 is 23.5 Å². The van der Waals surface area contributed by atoms with Crippen molar-refractivity contribution in [2.75, 3.05) is 6.61 Å². The van der Waals surface area contributed by atoms with Gasteiger partial charge in [-0.25, -0.2) is 0 Å². The van der Waals surface area contributed by atoms with Gasteiger partial charge in [0.1, 0.15) is 5.60 Å². The minimum atomic E-state index is -0.762. The molecule has 0 bridgehead atoms. The van der Waals surface area contributed by atoms with Crippen molar-refractivity contribution in [1.29, 1.82) is 0 Å². The zero-order valence-electron chi connectivity index (χ0n) is 11.9. The molecule has 0 aromatic heterocycles. The van der Waals surface area contributed by atoms with Crippen LogP contribution in [0.3, 0.4) is 0 Å². The van der Waals surface area contributed by atoms with E-state index in [1.807, 2.05) is 13.8 Å². The number of carbonyl (C=O) groups is 1. The molecular weight excluding hydrogens is 236 g/mol. The normalized spacial score (nSPS) is 24.9. The maximum Gasteiger partial charge on any atom is 0.308 e. The number of hydrogen-bond donors (Lipinski definition) is 1. The number of esters is 1. The quantitative estimate of drug-likeness (QED) is 0.778. The van der Waals surface area contributed by atoms with Gasteiger partial charge in [-0.1, -0.05) is 0 Å². The Hall–Kier alpha value is -0.650. The van der Waals surface area contributed by atoms with Gasteiger partial charge < -0.3 is 19.3 Å². The number of aliphatic hydroxyl groups excluding tert-OH is 1. The number of hydrogen-bond acceptors (Lipinski definition) is 5. The predicted molar refractivity (Wildman–Crippen MR) is 66.0 cm³/mol. The Kier molecular flexibility index (Phi) is 4.75. The van der Waals surface area contributed by atoms with Gasteiger partial charge in [-0.15, -0.1) is 0 Å². The third-order valence-corrected chi connectivity index (χ3v) is 2.42. The van der Waals surface area contributed by atoms with Gasteiger partial charge in [0.2, 0.25) is 0 Å². The van der Waals surface area contributed by atoms with Gasteiger partial charge >= 0.3 is 5.97 Å². The van der Waals surface area contributed by atoms with Gasteiger partial charge in [-0.05, 0) is 34.6 Å². The van der Waals surface area contributed by atoms with Crippen molar-refractivity contribution in [1.82, 2.24) is 0 Å². The van der Waals surface area contributed by atoms with E-state index in [0.717, 1.165) is 0 Å². The van der Waals surface area contributed by atoms with E-state index in [-0.39, 0.29) is 12.5 Å². The van der Waals surface area contributed by atoms with Crippen molar-refractivity contribution in [3.8, 4) is 0 Å². The highest BCUT2D eigenvalue weighted by Gasteiger charge is 2.34. The summed E-state index contributed by atoms with van der Waals surface area (Å²) in [6, 6.07) is 0. The lowest BCUT2D eigenvalue weighted by Gasteiger charge is -2.21. The lowest BCUT2D eigenvalue weighted by Crippen LogP contribution is -2.29. The molecule has 1 N–H and O–H groups in total. The van der Waals surface area contributed by atoms with Crippen LogP contribution >= 0.6 is 0 Å². The van der Waals surface area contributed by atoms with Crippen LogP contribution in [0.4, 0.5) is 0 Å². The molecule has 5 nitrogen and oxygen atoms in total. The van der Waals surface area contributed by atoms with Crippen LogP contribution in [0.25, 0.3) is 0 Å². The second kappa shape index (κ2) is 5.55. The molecule has 18 heavy (non-hydrogen) atoms. The summed E-state index contributed by atoms with van der Waals surface area (Å²) in [6.45, 7) is 9.49. The van der Waals surface area contributed by atoms with Gasteiger partial charge in [0.05, 0.1) is 25.2 Å². The zero-order chi connectivity index (χ0) is 14.0. The summed E-state index contributed by atoms with van der Waals surface area (Å²) < 4.78 is 16.1. The van der Waals surface area contributed by atoms with Gasteiger partial charge in [0, 0.05) is 6.42 Å². The largest absolute Gasteiger partial charge is 0.460 e. The number of rotatable bonds is 4. The first-order chi connectivity index (χ1) is 8.07. The summed E-state index contributed by atoms with van der Waals surface area (Å²) in [7, 11) is 0. The molecule has 0 saturated carbocycles. The van der Waals surface area contributed by atoms with E-state index in [9.17, 15) is 9.90 Å². The molecular formula is C13H24O5. The van der Waals surface area contributed by atoms with Gasteiger partial charge in [0.15, 0.2) is 5.79 Å². The third-order valence-electron chi connectivity index (χ3n) is 2.42. The molecule has 2 atom stereocenters. The van der Waals surface area contributed by atoms with Crippen molar-refractivity contribution < 1.29 is 24.1 Å². The van der Waals surface area contributed by atoms with E-state index in [1.165, 1.54) is 0 Å². The third kappa shape index (κ3) is 5.80. The first kappa shape index (κ1) is 15.4. The molecule has 1 fully saturated rings. The van der Waals surface area contributed by atoms with Gasteiger partial charge in [0.25, 0.3) is 0 Å². The van der Waals surface area contributed by atoms with Crippen LogP contribution in [-0.4, -0.2) is 41.3 Å². The highest BCUT2D eigenvalue weighted by molar-refractivity contribution is 5.70. The predicted octanol–water partition coefficient (Wildman–Crippen LogP) is 1.62. The molecule has 0 spiro atoms. The molecule has 1 heterocycles. The second-order valence-electron chi connectivity index (χ2n) is 6.13. The van der Waals surface area contributed by atoms with Crippen LogP contribution in [0, 0.1) is 0 Å². The second-order valence-corrected chi connectivity index (χ2v) is 6.13. The van der Waals surface area contributed by atoms with Gasteiger partial charge in [-0.2, -0.15) is 0 Å². The fraction of sp³-hybridized carbons (Fsp3) is 0.923.